The largest absolute Gasteiger partial charge is 0.329 e. The lowest BCUT2D eigenvalue weighted by Gasteiger charge is -2.10. The zero-order valence-corrected chi connectivity index (χ0v) is 15.2. The molecule has 0 atom stereocenters. The van der Waals surface area contributed by atoms with Crippen LogP contribution in [0.15, 0.2) is 36.8 Å². The van der Waals surface area contributed by atoms with E-state index in [4.69, 9.17) is 0 Å². The van der Waals surface area contributed by atoms with Crippen molar-refractivity contribution in [2.45, 2.75) is 13.8 Å². The second-order valence-corrected chi connectivity index (χ2v) is 6.29. The molecular formula is C17H15FN6O2S. The first-order valence-electron chi connectivity index (χ1n) is 7.82. The van der Waals surface area contributed by atoms with E-state index in [2.05, 4.69) is 30.3 Å². The van der Waals surface area contributed by atoms with Crippen molar-refractivity contribution in [1.82, 2.24) is 14.3 Å². The van der Waals surface area contributed by atoms with Gasteiger partial charge < -0.3 is 16.0 Å². The number of anilines is 4. The molecule has 8 nitrogen and oxygen atoms in total. The van der Waals surface area contributed by atoms with Crippen molar-refractivity contribution in [3.8, 4) is 0 Å². The molecule has 0 aliphatic rings. The predicted octanol–water partition coefficient (Wildman–Crippen LogP) is 3.33. The van der Waals surface area contributed by atoms with Gasteiger partial charge in [0.1, 0.15) is 16.6 Å². The van der Waals surface area contributed by atoms with Crippen LogP contribution in [0, 0.1) is 12.7 Å². The highest BCUT2D eigenvalue weighted by Crippen LogP contribution is 2.28. The van der Waals surface area contributed by atoms with E-state index in [1.807, 2.05) is 0 Å². The number of carbonyl (C=O) groups excluding carboxylic acids is 2. The molecule has 0 unspecified atom stereocenters. The predicted molar refractivity (Wildman–Crippen MR) is 101 cm³/mol. The highest BCUT2D eigenvalue weighted by molar-refractivity contribution is 7.10. The molecule has 0 saturated heterocycles. The van der Waals surface area contributed by atoms with Crippen molar-refractivity contribution in [1.29, 1.82) is 0 Å². The molecule has 2 heterocycles. The molecule has 27 heavy (non-hydrogen) atoms. The van der Waals surface area contributed by atoms with E-state index in [9.17, 15) is 14.0 Å². The highest BCUT2D eigenvalue weighted by atomic mass is 32.1. The van der Waals surface area contributed by atoms with Crippen LogP contribution in [0.2, 0.25) is 0 Å². The third kappa shape index (κ3) is 4.42. The van der Waals surface area contributed by atoms with Crippen molar-refractivity contribution in [2.75, 3.05) is 16.0 Å². The summed E-state index contributed by atoms with van der Waals surface area (Å²) in [6.45, 7) is 2.98. The first kappa shape index (κ1) is 18.4. The SMILES string of the molecule is CC(=O)Nc1cc(NC(=O)c2c(C)nsc2Nc2cnccn2)ccc1F. The molecule has 2 amide bonds. The zero-order chi connectivity index (χ0) is 19.4. The number of amides is 2. The van der Waals surface area contributed by atoms with Gasteiger partial charge in [-0.25, -0.2) is 9.37 Å². The number of hydrogen-bond acceptors (Lipinski definition) is 7. The third-order valence-electron chi connectivity index (χ3n) is 3.43. The van der Waals surface area contributed by atoms with Crippen LogP contribution in [0.4, 0.5) is 26.6 Å². The Hall–Kier alpha value is -3.40. The number of aryl methyl sites for hydroxylation is 1. The molecule has 0 fully saturated rings. The minimum absolute atomic E-state index is 0.0154. The first-order chi connectivity index (χ1) is 12.9. The molecule has 1 aromatic carbocycles. The Bertz CT molecular complexity index is 992. The van der Waals surface area contributed by atoms with E-state index < -0.39 is 17.6 Å². The van der Waals surface area contributed by atoms with Gasteiger partial charge in [-0.15, -0.1) is 0 Å². The van der Waals surface area contributed by atoms with Crippen molar-refractivity contribution in [3.63, 3.8) is 0 Å². The summed E-state index contributed by atoms with van der Waals surface area (Å²) >= 11 is 1.12. The maximum absolute atomic E-state index is 13.8. The Balaban J connectivity index is 1.83. The molecule has 2 aromatic heterocycles. The molecule has 3 rings (SSSR count). The average Bonchev–Trinajstić information content (AvgIpc) is 2.98. The smallest absolute Gasteiger partial charge is 0.260 e. The van der Waals surface area contributed by atoms with Crippen LogP contribution < -0.4 is 16.0 Å². The van der Waals surface area contributed by atoms with Gasteiger partial charge in [0.05, 0.1) is 23.1 Å². The van der Waals surface area contributed by atoms with Crippen LogP contribution in [0.1, 0.15) is 23.0 Å². The van der Waals surface area contributed by atoms with Crippen LogP contribution in [0.25, 0.3) is 0 Å². The van der Waals surface area contributed by atoms with Gasteiger partial charge in [-0.2, -0.15) is 4.37 Å². The van der Waals surface area contributed by atoms with Gasteiger partial charge in [0.15, 0.2) is 0 Å². The fourth-order valence-electron chi connectivity index (χ4n) is 2.28. The van der Waals surface area contributed by atoms with Crippen molar-refractivity contribution in [2.24, 2.45) is 0 Å². The van der Waals surface area contributed by atoms with Crippen LogP contribution in [-0.2, 0) is 4.79 Å². The normalized spacial score (nSPS) is 10.3. The van der Waals surface area contributed by atoms with E-state index >= 15 is 0 Å². The van der Waals surface area contributed by atoms with Gasteiger partial charge in [0, 0.05) is 25.0 Å². The Morgan fingerprint density at radius 1 is 1.19 bits per heavy atom. The Morgan fingerprint density at radius 2 is 2.00 bits per heavy atom. The number of hydrogen-bond donors (Lipinski definition) is 3. The van der Waals surface area contributed by atoms with Crippen LogP contribution in [0.3, 0.4) is 0 Å². The molecule has 138 valence electrons. The monoisotopic (exact) mass is 386 g/mol. The molecule has 3 N–H and O–H groups in total. The molecule has 0 aliphatic carbocycles. The van der Waals surface area contributed by atoms with E-state index in [1.54, 1.807) is 6.92 Å². The summed E-state index contributed by atoms with van der Waals surface area (Å²) in [6, 6.07) is 3.92. The Morgan fingerprint density at radius 3 is 2.70 bits per heavy atom. The molecule has 0 saturated carbocycles. The summed E-state index contributed by atoms with van der Waals surface area (Å²) in [4.78, 5) is 31.9. The fourth-order valence-corrected chi connectivity index (χ4v) is 3.09. The van der Waals surface area contributed by atoms with E-state index in [1.165, 1.54) is 43.7 Å². The summed E-state index contributed by atoms with van der Waals surface area (Å²) in [5.41, 5.74) is 1.20. The quantitative estimate of drug-likeness (QED) is 0.621. The molecule has 0 spiro atoms. The Kier molecular flexibility index (Phi) is 5.36. The number of aromatic nitrogens is 3. The molecule has 0 aliphatic heterocycles. The molecule has 0 radical (unpaired) electrons. The molecular weight excluding hydrogens is 371 g/mol. The van der Waals surface area contributed by atoms with Crippen molar-refractivity contribution < 1.29 is 14.0 Å². The lowest BCUT2D eigenvalue weighted by Crippen LogP contribution is -2.15. The maximum Gasteiger partial charge on any atom is 0.260 e. The fraction of sp³-hybridized carbons (Fsp3) is 0.118. The summed E-state index contributed by atoms with van der Waals surface area (Å²) < 4.78 is 18.0. The maximum atomic E-state index is 13.8. The minimum atomic E-state index is -0.596. The van der Waals surface area contributed by atoms with E-state index in [0.29, 0.717) is 27.8 Å². The summed E-state index contributed by atoms with van der Waals surface area (Å²) in [5.74, 6) is -0.953. The van der Waals surface area contributed by atoms with E-state index in [-0.39, 0.29) is 5.69 Å². The Labute approximate surface area is 158 Å². The van der Waals surface area contributed by atoms with Crippen LogP contribution >= 0.6 is 11.5 Å². The summed E-state index contributed by atoms with van der Waals surface area (Å²) in [6.07, 6.45) is 4.59. The van der Waals surface area contributed by atoms with Crippen molar-refractivity contribution in [3.05, 3.63) is 53.9 Å². The van der Waals surface area contributed by atoms with Gasteiger partial charge >= 0.3 is 0 Å². The van der Waals surface area contributed by atoms with Gasteiger partial charge in [-0.3, -0.25) is 14.6 Å². The van der Waals surface area contributed by atoms with Gasteiger partial charge in [-0.1, -0.05) is 0 Å². The lowest BCUT2D eigenvalue weighted by atomic mass is 10.2. The number of nitrogens with zero attached hydrogens (tertiary/aromatic N) is 3. The number of rotatable bonds is 5. The standard InChI is InChI=1S/C17H15FN6O2S/c1-9-15(17(27-24-9)23-14-8-19-5-6-20-14)16(26)22-11-3-4-12(18)13(7-11)21-10(2)25/h3-8H,1-2H3,(H,20,23)(H,21,25)(H,22,26). The molecule has 10 heteroatoms. The van der Waals surface area contributed by atoms with Crippen LogP contribution in [-0.4, -0.2) is 26.2 Å². The highest BCUT2D eigenvalue weighted by Gasteiger charge is 2.19. The zero-order valence-electron chi connectivity index (χ0n) is 14.4. The van der Waals surface area contributed by atoms with Gasteiger partial charge in [0.2, 0.25) is 5.91 Å². The minimum Gasteiger partial charge on any atom is -0.329 e. The van der Waals surface area contributed by atoms with Crippen LogP contribution in [0.5, 0.6) is 0 Å². The van der Waals surface area contributed by atoms with E-state index in [0.717, 1.165) is 11.5 Å². The second kappa shape index (κ2) is 7.87. The van der Waals surface area contributed by atoms with Gasteiger partial charge in [-0.05, 0) is 36.7 Å². The molecule has 3 aromatic rings. The second-order valence-electron chi connectivity index (χ2n) is 5.52. The average molecular weight is 386 g/mol. The topological polar surface area (TPSA) is 109 Å². The van der Waals surface area contributed by atoms with Crippen molar-refractivity contribution >= 4 is 45.5 Å². The summed E-state index contributed by atoms with van der Waals surface area (Å²) in [5, 5.41) is 8.58. The number of nitrogens with one attached hydrogen (secondary N) is 3. The summed E-state index contributed by atoms with van der Waals surface area (Å²) in [7, 11) is 0. The number of halogens is 1. The molecule has 0 bridgehead atoms. The van der Waals surface area contributed by atoms with Gasteiger partial charge in [0.25, 0.3) is 5.91 Å². The number of carbonyl (C=O) groups is 2. The lowest BCUT2D eigenvalue weighted by molar-refractivity contribution is -0.114. The first-order valence-corrected chi connectivity index (χ1v) is 8.59. The third-order valence-corrected chi connectivity index (χ3v) is 4.28. The number of benzene rings is 1.